The Balaban J connectivity index is 1.62. The standard InChI is InChI=1S/C17H24N4O7S2/c22-16-13-21(6-4-18-16)30(26,27)15-3-1-2-14(12-15)17(23)19-5-11-29(24,25)20-7-9-28-10-8-20/h1-3,12H,4-11,13H2,(H,18,22)(H,19,23). The molecule has 11 nitrogen and oxygen atoms in total. The quantitative estimate of drug-likeness (QED) is 0.489. The van der Waals surface area contributed by atoms with Gasteiger partial charge >= 0.3 is 0 Å². The van der Waals surface area contributed by atoms with Crippen LogP contribution in [0.25, 0.3) is 0 Å². The van der Waals surface area contributed by atoms with Crippen molar-refractivity contribution in [1.29, 1.82) is 0 Å². The first-order valence-corrected chi connectivity index (χ1v) is 12.5. The van der Waals surface area contributed by atoms with E-state index in [2.05, 4.69) is 10.6 Å². The number of benzene rings is 1. The van der Waals surface area contributed by atoms with Crippen LogP contribution >= 0.6 is 0 Å². The van der Waals surface area contributed by atoms with Crippen molar-refractivity contribution in [1.82, 2.24) is 19.2 Å². The number of morpholine rings is 1. The Labute approximate surface area is 175 Å². The average molecular weight is 461 g/mol. The second-order valence-corrected chi connectivity index (χ2v) is 10.8. The molecule has 2 aliphatic heterocycles. The summed E-state index contributed by atoms with van der Waals surface area (Å²) in [6.07, 6.45) is 0. The Kier molecular flexibility index (Phi) is 7.08. The van der Waals surface area contributed by atoms with E-state index in [1.807, 2.05) is 0 Å². The van der Waals surface area contributed by atoms with Crippen molar-refractivity contribution in [3.63, 3.8) is 0 Å². The van der Waals surface area contributed by atoms with Crippen LogP contribution in [0.2, 0.25) is 0 Å². The number of hydrogen-bond acceptors (Lipinski definition) is 7. The number of carbonyl (C=O) groups excluding carboxylic acids is 2. The number of piperazine rings is 1. The van der Waals surface area contributed by atoms with Crippen LogP contribution in [0.4, 0.5) is 0 Å². The van der Waals surface area contributed by atoms with E-state index in [4.69, 9.17) is 4.74 Å². The Morgan fingerprint density at radius 1 is 1.10 bits per heavy atom. The monoisotopic (exact) mass is 460 g/mol. The van der Waals surface area contributed by atoms with Crippen LogP contribution in [0.5, 0.6) is 0 Å². The lowest BCUT2D eigenvalue weighted by Gasteiger charge is -2.26. The third-order valence-corrected chi connectivity index (χ3v) is 8.46. The molecule has 2 heterocycles. The second kappa shape index (κ2) is 9.39. The summed E-state index contributed by atoms with van der Waals surface area (Å²) in [6.45, 7) is 1.21. The molecule has 0 aromatic heterocycles. The number of nitrogens with one attached hydrogen (secondary N) is 2. The lowest BCUT2D eigenvalue weighted by atomic mass is 10.2. The molecule has 0 spiro atoms. The van der Waals surface area contributed by atoms with Gasteiger partial charge in [-0.2, -0.15) is 8.61 Å². The number of hydrogen-bond donors (Lipinski definition) is 2. The zero-order valence-corrected chi connectivity index (χ0v) is 17.9. The van der Waals surface area contributed by atoms with E-state index in [0.717, 1.165) is 4.31 Å². The minimum Gasteiger partial charge on any atom is -0.379 e. The van der Waals surface area contributed by atoms with E-state index in [1.54, 1.807) is 0 Å². The summed E-state index contributed by atoms with van der Waals surface area (Å²) in [6, 6.07) is 5.43. The van der Waals surface area contributed by atoms with Crippen LogP contribution < -0.4 is 10.6 Å². The Morgan fingerprint density at radius 3 is 2.53 bits per heavy atom. The van der Waals surface area contributed by atoms with E-state index < -0.39 is 26.0 Å². The zero-order chi connectivity index (χ0) is 21.8. The van der Waals surface area contributed by atoms with Gasteiger partial charge in [0.05, 0.1) is 30.4 Å². The first-order valence-electron chi connectivity index (χ1n) is 9.41. The van der Waals surface area contributed by atoms with Gasteiger partial charge < -0.3 is 15.4 Å². The molecule has 0 saturated carbocycles. The molecule has 3 rings (SSSR count). The van der Waals surface area contributed by atoms with Crippen LogP contribution in [0.1, 0.15) is 10.4 Å². The number of amides is 2. The smallest absolute Gasteiger partial charge is 0.251 e. The van der Waals surface area contributed by atoms with E-state index in [0.29, 0.717) is 13.2 Å². The fraction of sp³-hybridized carbons (Fsp3) is 0.529. The molecule has 0 bridgehead atoms. The van der Waals surface area contributed by atoms with E-state index in [1.165, 1.54) is 28.6 Å². The van der Waals surface area contributed by atoms with Gasteiger partial charge in [0.25, 0.3) is 5.91 Å². The molecule has 1 aromatic rings. The summed E-state index contributed by atoms with van der Waals surface area (Å²) >= 11 is 0. The van der Waals surface area contributed by atoms with Crippen molar-refractivity contribution in [3.8, 4) is 0 Å². The fourth-order valence-electron chi connectivity index (χ4n) is 3.12. The summed E-state index contributed by atoms with van der Waals surface area (Å²) in [7, 11) is -7.45. The highest BCUT2D eigenvalue weighted by Gasteiger charge is 2.29. The predicted octanol–water partition coefficient (Wildman–Crippen LogP) is -1.80. The molecule has 2 saturated heterocycles. The van der Waals surface area contributed by atoms with Crippen molar-refractivity contribution in [2.24, 2.45) is 0 Å². The lowest BCUT2D eigenvalue weighted by Crippen LogP contribution is -2.49. The molecule has 1 aromatic carbocycles. The third kappa shape index (κ3) is 5.35. The number of ether oxygens (including phenoxy) is 1. The largest absolute Gasteiger partial charge is 0.379 e. The SMILES string of the molecule is O=C1CN(S(=O)(=O)c2cccc(C(=O)NCCS(=O)(=O)N3CCOCC3)c2)CCN1. The topological polar surface area (TPSA) is 142 Å². The summed E-state index contributed by atoms with van der Waals surface area (Å²) in [4.78, 5) is 23.8. The zero-order valence-electron chi connectivity index (χ0n) is 16.2. The van der Waals surface area contributed by atoms with Crippen LogP contribution in [0.3, 0.4) is 0 Å². The van der Waals surface area contributed by atoms with E-state index >= 15 is 0 Å². The lowest BCUT2D eigenvalue weighted by molar-refractivity contribution is -0.122. The highest BCUT2D eigenvalue weighted by Crippen LogP contribution is 2.18. The first-order chi connectivity index (χ1) is 14.2. The molecule has 0 aliphatic carbocycles. The highest BCUT2D eigenvalue weighted by molar-refractivity contribution is 7.89. The predicted molar refractivity (Wildman–Crippen MR) is 107 cm³/mol. The summed E-state index contributed by atoms with van der Waals surface area (Å²) in [5.41, 5.74) is 0.0845. The maximum atomic E-state index is 12.7. The molecule has 166 valence electrons. The van der Waals surface area contributed by atoms with Crippen LogP contribution in [-0.2, 0) is 29.6 Å². The molecular weight excluding hydrogens is 436 g/mol. The third-order valence-electron chi connectivity index (χ3n) is 4.75. The molecule has 2 aliphatic rings. The highest BCUT2D eigenvalue weighted by atomic mass is 32.2. The van der Waals surface area contributed by atoms with E-state index in [9.17, 15) is 26.4 Å². The molecule has 30 heavy (non-hydrogen) atoms. The van der Waals surface area contributed by atoms with E-state index in [-0.39, 0.29) is 61.4 Å². The minimum absolute atomic E-state index is 0.0845. The summed E-state index contributed by atoms with van der Waals surface area (Å²) in [5, 5.41) is 5.07. The van der Waals surface area contributed by atoms with Crippen LogP contribution in [0, 0.1) is 0 Å². The van der Waals surface area contributed by atoms with Gasteiger partial charge in [0.2, 0.25) is 26.0 Å². The molecule has 2 N–H and O–H groups in total. The summed E-state index contributed by atoms with van der Waals surface area (Å²) in [5.74, 6) is -1.24. The number of carbonyl (C=O) groups is 2. The molecule has 0 atom stereocenters. The van der Waals surface area contributed by atoms with Gasteiger partial charge in [-0.15, -0.1) is 0 Å². The summed E-state index contributed by atoms with van der Waals surface area (Å²) < 4.78 is 57.6. The van der Waals surface area contributed by atoms with Gasteiger partial charge in [0.1, 0.15) is 0 Å². The molecule has 2 fully saturated rings. The number of rotatable bonds is 7. The Morgan fingerprint density at radius 2 is 1.83 bits per heavy atom. The minimum atomic E-state index is -3.93. The van der Waals surface area contributed by atoms with Crippen molar-refractivity contribution < 1.29 is 31.2 Å². The van der Waals surface area contributed by atoms with Crippen molar-refractivity contribution in [2.75, 3.05) is 58.2 Å². The molecule has 0 radical (unpaired) electrons. The average Bonchev–Trinajstić information content (AvgIpc) is 2.74. The molecular formula is C17H24N4O7S2. The molecule has 13 heteroatoms. The Bertz CT molecular complexity index is 1000. The fourth-order valence-corrected chi connectivity index (χ4v) is 5.88. The maximum absolute atomic E-state index is 12.7. The number of nitrogens with zero attached hydrogens (tertiary/aromatic N) is 2. The number of sulfonamides is 2. The van der Waals surface area contributed by atoms with Gasteiger partial charge in [-0.1, -0.05) is 6.07 Å². The van der Waals surface area contributed by atoms with Crippen LogP contribution in [0.15, 0.2) is 29.2 Å². The second-order valence-electron chi connectivity index (χ2n) is 6.80. The first kappa shape index (κ1) is 22.6. The molecule has 2 amide bonds. The van der Waals surface area contributed by atoms with Gasteiger partial charge in [-0.05, 0) is 18.2 Å². The normalized spacial score (nSPS) is 19.3. The van der Waals surface area contributed by atoms with Gasteiger partial charge in [-0.3, -0.25) is 9.59 Å². The van der Waals surface area contributed by atoms with Crippen molar-refractivity contribution in [2.45, 2.75) is 4.90 Å². The van der Waals surface area contributed by atoms with Crippen molar-refractivity contribution >= 4 is 31.9 Å². The van der Waals surface area contributed by atoms with Gasteiger partial charge in [0.15, 0.2) is 0 Å². The van der Waals surface area contributed by atoms with Crippen molar-refractivity contribution in [3.05, 3.63) is 29.8 Å². The van der Waals surface area contributed by atoms with Gasteiger partial charge in [-0.25, -0.2) is 16.8 Å². The maximum Gasteiger partial charge on any atom is 0.251 e. The Hall–Kier alpha value is -2.06. The van der Waals surface area contributed by atoms with Gasteiger partial charge in [0, 0.05) is 38.3 Å². The molecule has 0 unspecified atom stereocenters. The van der Waals surface area contributed by atoms with Crippen LogP contribution in [-0.4, -0.2) is 95.5 Å².